The first-order chi connectivity index (χ1) is 11.6. The van der Waals surface area contributed by atoms with Gasteiger partial charge in [-0.2, -0.15) is 11.3 Å². The number of rotatable bonds is 4. The van der Waals surface area contributed by atoms with Crippen molar-refractivity contribution in [1.82, 2.24) is 10.6 Å². The molecule has 0 aliphatic carbocycles. The third kappa shape index (κ3) is 3.88. The van der Waals surface area contributed by atoms with Crippen molar-refractivity contribution in [2.24, 2.45) is 0 Å². The first-order valence-electron chi connectivity index (χ1n) is 8.07. The minimum Gasteiger partial charge on any atom is -0.493 e. The highest BCUT2D eigenvalue weighted by atomic mass is 32.1. The summed E-state index contributed by atoms with van der Waals surface area (Å²) in [4.78, 5) is 12.3. The van der Waals surface area contributed by atoms with Crippen molar-refractivity contribution in [2.75, 3.05) is 13.2 Å². The van der Waals surface area contributed by atoms with Crippen LogP contribution in [0.3, 0.4) is 0 Å². The standard InChI is InChI=1S/C18H22N2O3S/c1-18(22,13-8-10-24-11-13)12-19-17(21)20-15-6-4-9-23-16-7-3-2-5-14(15)16/h2-3,5,7-8,10-11,15,22H,4,6,9,12H2,1H3,(H2,19,20,21)/t15-,18-/m1/s1. The van der Waals surface area contributed by atoms with E-state index in [4.69, 9.17) is 4.74 Å². The summed E-state index contributed by atoms with van der Waals surface area (Å²) in [6.07, 6.45) is 1.71. The molecule has 2 atom stereocenters. The zero-order chi connectivity index (χ0) is 17.0. The minimum absolute atomic E-state index is 0.0882. The monoisotopic (exact) mass is 346 g/mol. The smallest absolute Gasteiger partial charge is 0.315 e. The first-order valence-corrected chi connectivity index (χ1v) is 9.02. The molecule has 3 rings (SSSR count). The third-order valence-electron chi connectivity index (χ3n) is 4.23. The Kier molecular flexibility index (Phi) is 5.06. The van der Waals surface area contributed by atoms with Crippen LogP contribution in [0.5, 0.6) is 5.75 Å². The maximum atomic E-state index is 12.3. The van der Waals surface area contributed by atoms with E-state index in [-0.39, 0.29) is 18.6 Å². The van der Waals surface area contributed by atoms with Gasteiger partial charge in [-0.15, -0.1) is 0 Å². The number of benzene rings is 1. The lowest BCUT2D eigenvalue weighted by molar-refractivity contribution is 0.0597. The lowest BCUT2D eigenvalue weighted by Crippen LogP contribution is -2.44. The van der Waals surface area contributed by atoms with Gasteiger partial charge in [0.25, 0.3) is 0 Å². The summed E-state index contributed by atoms with van der Waals surface area (Å²) in [5, 5.41) is 20.0. The number of fused-ring (bicyclic) bond motifs is 1. The SMILES string of the molecule is C[C@@](O)(CNC(=O)N[C@@H]1CCCOc2ccccc21)c1ccsc1. The molecule has 2 heterocycles. The van der Waals surface area contributed by atoms with Crippen molar-refractivity contribution in [3.05, 3.63) is 52.2 Å². The second kappa shape index (κ2) is 7.23. The number of nitrogens with one attached hydrogen (secondary N) is 2. The molecule has 0 saturated heterocycles. The Hall–Kier alpha value is -2.05. The van der Waals surface area contributed by atoms with E-state index in [0.29, 0.717) is 6.61 Å². The van der Waals surface area contributed by atoms with Crippen molar-refractivity contribution in [3.8, 4) is 5.75 Å². The lowest BCUT2D eigenvalue weighted by atomic mass is 9.99. The molecule has 0 unspecified atom stereocenters. The minimum atomic E-state index is -1.08. The van der Waals surface area contributed by atoms with E-state index in [1.54, 1.807) is 6.92 Å². The van der Waals surface area contributed by atoms with Gasteiger partial charge in [-0.25, -0.2) is 4.79 Å². The van der Waals surface area contributed by atoms with Crippen LogP contribution in [0, 0.1) is 0 Å². The predicted molar refractivity (Wildman–Crippen MR) is 94.3 cm³/mol. The number of urea groups is 1. The van der Waals surface area contributed by atoms with E-state index in [2.05, 4.69) is 10.6 Å². The quantitative estimate of drug-likeness (QED) is 0.796. The molecule has 1 aliphatic heterocycles. The zero-order valence-corrected chi connectivity index (χ0v) is 14.4. The Morgan fingerprint density at radius 2 is 2.25 bits per heavy atom. The number of aliphatic hydroxyl groups is 1. The van der Waals surface area contributed by atoms with Crippen LogP contribution in [0.1, 0.15) is 36.9 Å². The average Bonchev–Trinajstić information content (AvgIpc) is 3.05. The molecule has 0 radical (unpaired) electrons. The van der Waals surface area contributed by atoms with Crippen LogP contribution in [0.15, 0.2) is 41.1 Å². The average molecular weight is 346 g/mol. The van der Waals surface area contributed by atoms with Gasteiger partial charge in [0.15, 0.2) is 0 Å². The van der Waals surface area contributed by atoms with Gasteiger partial charge in [-0.3, -0.25) is 0 Å². The van der Waals surface area contributed by atoms with Gasteiger partial charge in [0, 0.05) is 5.56 Å². The maximum Gasteiger partial charge on any atom is 0.315 e. The summed E-state index contributed by atoms with van der Waals surface area (Å²) in [5.41, 5.74) is 0.720. The molecule has 2 aromatic rings. The Bertz CT molecular complexity index is 685. The number of ether oxygens (including phenoxy) is 1. The summed E-state index contributed by atoms with van der Waals surface area (Å²) >= 11 is 1.52. The number of hydrogen-bond acceptors (Lipinski definition) is 4. The second-order valence-electron chi connectivity index (χ2n) is 6.19. The number of hydrogen-bond donors (Lipinski definition) is 3. The molecule has 128 valence electrons. The van der Waals surface area contributed by atoms with E-state index < -0.39 is 5.60 Å². The molecule has 0 saturated carbocycles. The summed E-state index contributed by atoms with van der Waals surface area (Å²) in [7, 11) is 0. The van der Waals surface area contributed by atoms with Gasteiger partial charge in [0.05, 0.1) is 19.2 Å². The molecular weight excluding hydrogens is 324 g/mol. The summed E-state index contributed by atoms with van der Waals surface area (Å²) in [6.45, 7) is 2.51. The summed E-state index contributed by atoms with van der Waals surface area (Å²) < 4.78 is 5.71. The number of thiophene rings is 1. The summed E-state index contributed by atoms with van der Waals surface area (Å²) in [5.74, 6) is 0.825. The van der Waals surface area contributed by atoms with E-state index in [0.717, 1.165) is 29.7 Å². The highest BCUT2D eigenvalue weighted by Crippen LogP contribution is 2.31. The van der Waals surface area contributed by atoms with Crippen LogP contribution in [-0.2, 0) is 5.60 Å². The molecule has 0 bridgehead atoms. The molecule has 0 spiro atoms. The van der Waals surface area contributed by atoms with E-state index in [9.17, 15) is 9.90 Å². The maximum absolute atomic E-state index is 12.3. The predicted octanol–water partition coefficient (Wildman–Crippen LogP) is 3.17. The third-order valence-corrected chi connectivity index (χ3v) is 4.91. The molecule has 3 N–H and O–H groups in total. The molecule has 24 heavy (non-hydrogen) atoms. The number of carbonyl (C=O) groups is 1. The molecule has 1 aromatic heterocycles. The van der Waals surface area contributed by atoms with E-state index in [1.807, 2.05) is 41.1 Å². The summed E-state index contributed by atoms with van der Waals surface area (Å²) in [6, 6.07) is 9.27. The molecule has 5 nitrogen and oxygen atoms in total. The fraction of sp³-hybridized carbons (Fsp3) is 0.389. The fourth-order valence-corrected chi connectivity index (χ4v) is 3.59. The van der Waals surface area contributed by atoms with Crippen molar-refractivity contribution in [1.29, 1.82) is 0 Å². The second-order valence-corrected chi connectivity index (χ2v) is 6.97. The molecule has 6 heteroatoms. The van der Waals surface area contributed by atoms with Crippen LogP contribution in [-0.4, -0.2) is 24.3 Å². The highest BCUT2D eigenvalue weighted by molar-refractivity contribution is 7.08. The Morgan fingerprint density at radius 3 is 3.04 bits per heavy atom. The largest absolute Gasteiger partial charge is 0.493 e. The van der Waals surface area contributed by atoms with Crippen molar-refractivity contribution in [2.45, 2.75) is 31.4 Å². The molecule has 1 aliphatic rings. The van der Waals surface area contributed by atoms with Crippen molar-refractivity contribution >= 4 is 17.4 Å². The van der Waals surface area contributed by atoms with Gasteiger partial charge < -0.3 is 20.5 Å². The van der Waals surface area contributed by atoms with Crippen molar-refractivity contribution in [3.63, 3.8) is 0 Å². The molecule has 2 amide bonds. The number of amides is 2. The van der Waals surface area contributed by atoms with E-state index in [1.165, 1.54) is 11.3 Å². The van der Waals surface area contributed by atoms with Gasteiger partial charge >= 0.3 is 6.03 Å². The lowest BCUT2D eigenvalue weighted by Gasteiger charge is -2.24. The highest BCUT2D eigenvalue weighted by Gasteiger charge is 2.26. The van der Waals surface area contributed by atoms with Gasteiger partial charge in [0.2, 0.25) is 0 Å². The van der Waals surface area contributed by atoms with Crippen molar-refractivity contribution < 1.29 is 14.6 Å². The van der Waals surface area contributed by atoms with Crippen LogP contribution >= 0.6 is 11.3 Å². The topological polar surface area (TPSA) is 70.6 Å². The Balaban J connectivity index is 1.61. The van der Waals surface area contributed by atoms with Crippen LogP contribution in [0.4, 0.5) is 4.79 Å². The molecule has 1 aromatic carbocycles. The fourth-order valence-electron chi connectivity index (χ4n) is 2.81. The molecule has 0 fully saturated rings. The first kappa shape index (κ1) is 16.8. The Morgan fingerprint density at radius 1 is 1.42 bits per heavy atom. The van der Waals surface area contributed by atoms with Gasteiger partial charge in [0.1, 0.15) is 11.4 Å². The van der Waals surface area contributed by atoms with Gasteiger partial charge in [-0.1, -0.05) is 18.2 Å². The zero-order valence-electron chi connectivity index (χ0n) is 13.6. The Labute approximate surface area is 145 Å². The normalized spacial score (nSPS) is 19.3. The number of carbonyl (C=O) groups excluding carboxylic acids is 1. The number of para-hydroxylation sites is 1. The van der Waals surface area contributed by atoms with E-state index >= 15 is 0 Å². The van der Waals surface area contributed by atoms with Crippen LogP contribution < -0.4 is 15.4 Å². The van der Waals surface area contributed by atoms with Crippen LogP contribution in [0.2, 0.25) is 0 Å². The van der Waals surface area contributed by atoms with Crippen LogP contribution in [0.25, 0.3) is 0 Å². The molecular formula is C18H22N2O3S. The van der Waals surface area contributed by atoms with Gasteiger partial charge in [-0.05, 0) is 48.2 Å².